The molecule has 0 bridgehead atoms. The van der Waals surface area contributed by atoms with Crippen LogP contribution in [0.15, 0.2) is 30.3 Å². The molecule has 0 spiro atoms. The molecule has 1 aromatic rings. The summed E-state index contributed by atoms with van der Waals surface area (Å²) in [5, 5.41) is 8.78. The highest BCUT2D eigenvalue weighted by atomic mass is 32.1. The Morgan fingerprint density at radius 2 is 2.05 bits per heavy atom. The second-order valence-electron chi connectivity index (χ2n) is 5.05. The summed E-state index contributed by atoms with van der Waals surface area (Å²) < 4.78 is 0. The van der Waals surface area contributed by atoms with Crippen LogP contribution in [0.2, 0.25) is 0 Å². The maximum absolute atomic E-state index is 12.4. The standard InChI is InChI=1S/C15H21NO2S/c17-10-9-16(13-7-4-8-13)15(18)14(19)11-12-5-2-1-3-6-12/h1-3,5-6,13-14,17,19H,4,7-11H2. The lowest BCUT2D eigenvalue weighted by molar-refractivity contribution is -0.135. The van der Waals surface area contributed by atoms with Crippen molar-refractivity contribution in [3.8, 4) is 0 Å². The number of rotatable bonds is 6. The van der Waals surface area contributed by atoms with Gasteiger partial charge < -0.3 is 10.0 Å². The van der Waals surface area contributed by atoms with Crippen molar-refractivity contribution < 1.29 is 9.90 Å². The first-order valence-corrected chi connectivity index (χ1v) is 7.37. The molecule has 0 aliphatic heterocycles. The Morgan fingerprint density at radius 1 is 1.37 bits per heavy atom. The molecule has 1 fully saturated rings. The molecule has 104 valence electrons. The number of hydrogen-bond acceptors (Lipinski definition) is 3. The van der Waals surface area contributed by atoms with E-state index in [4.69, 9.17) is 5.11 Å². The van der Waals surface area contributed by atoms with Gasteiger partial charge in [-0.25, -0.2) is 0 Å². The van der Waals surface area contributed by atoms with E-state index in [1.54, 1.807) is 0 Å². The summed E-state index contributed by atoms with van der Waals surface area (Å²) >= 11 is 4.45. The number of amides is 1. The Balaban J connectivity index is 1.96. The molecule has 1 aromatic carbocycles. The van der Waals surface area contributed by atoms with Crippen LogP contribution in [0.1, 0.15) is 24.8 Å². The van der Waals surface area contributed by atoms with Crippen molar-refractivity contribution in [1.29, 1.82) is 0 Å². The van der Waals surface area contributed by atoms with Gasteiger partial charge in [0.1, 0.15) is 0 Å². The van der Waals surface area contributed by atoms with Crippen molar-refractivity contribution in [3.05, 3.63) is 35.9 Å². The van der Waals surface area contributed by atoms with Crippen LogP contribution in [0, 0.1) is 0 Å². The lowest BCUT2D eigenvalue weighted by Crippen LogP contribution is -2.49. The maximum Gasteiger partial charge on any atom is 0.236 e. The zero-order chi connectivity index (χ0) is 13.7. The van der Waals surface area contributed by atoms with E-state index in [1.807, 2.05) is 35.2 Å². The number of carbonyl (C=O) groups excluding carboxylic acids is 1. The van der Waals surface area contributed by atoms with Crippen LogP contribution in [0.4, 0.5) is 0 Å². The van der Waals surface area contributed by atoms with Crippen LogP contribution >= 0.6 is 12.6 Å². The molecule has 2 rings (SSSR count). The number of benzene rings is 1. The molecule has 1 N–H and O–H groups in total. The molecular weight excluding hydrogens is 258 g/mol. The lowest BCUT2D eigenvalue weighted by Gasteiger charge is -2.38. The van der Waals surface area contributed by atoms with E-state index in [1.165, 1.54) is 6.42 Å². The average molecular weight is 279 g/mol. The van der Waals surface area contributed by atoms with Gasteiger partial charge in [0.25, 0.3) is 0 Å². The van der Waals surface area contributed by atoms with E-state index < -0.39 is 0 Å². The fraction of sp³-hybridized carbons (Fsp3) is 0.533. The fourth-order valence-corrected chi connectivity index (χ4v) is 2.75. The van der Waals surface area contributed by atoms with Gasteiger partial charge in [0.15, 0.2) is 0 Å². The van der Waals surface area contributed by atoms with Crippen LogP contribution in [-0.4, -0.2) is 40.4 Å². The highest BCUT2D eigenvalue weighted by Gasteiger charge is 2.31. The van der Waals surface area contributed by atoms with Crippen molar-refractivity contribution in [3.63, 3.8) is 0 Å². The molecule has 0 heterocycles. The van der Waals surface area contributed by atoms with E-state index in [0.717, 1.165) is 18.4 Å². The summed E-state index contributed by atoms with van der Waals surface area (Å²) in [7, 11) is 0. The van der Waals surface area contributed by atoms with Crippen LogP contribution in [0.3, 0.4) is 0 Å². The monoisotopic (exact) mass is 279 g/mol. The van der Waals surface area contributed by atoms with Gasteiger partial charge >= 0.3 is 0 Å². The molecule has 1 saturated carbocycles. The summed E-state index contributed by atoms with van der Waals surface area (Å²) in [6, 6.07) is 10.2. The van der Waals surface area contributed by atoms with Gasteiger partial charge in [-0.2, -0.15) is 12.6 Å². The van der Waals surface area contributed by atoms with E-state index >= 15 is 0 Å². The van der Waals surface area contributed by atoms with Crippen molar-refractivity contribution in [2.24, 2.45) is 0 Å². The second kappa shape index (κ2) is 6.96. The van der Waals surface area contributed by atoms with Gasteiger partial charge in [0, 0.05) is 12.6 Å². The minimum Gasteiger partial charge on any atom is -0.395 e. The third-order valence-corrected chi connectivity index (χ3v) is 4.10. The number of aliphatic hydroxyl groups excluding tert-OH is 1. The molecule has 0 saturated heterocycles. The Hall–Kier alpha value is -1.00. The number of carbonyl (C=O) groups is 1. The summed E-state index contributed by atoms with van der Waals surface area (Å²) in [6.45, 7) is 0.448. The number of aliphatic hydroxyl groups is 1. The van der Waals surface area contributed by atoms with Gasteiger partial charge in [-0.3, -0.25) is 4.79 Å². The zero-order valence-corrected chi connectivity index (χ0v) is 11.9. The minimum atomic E-state index is -0.324. The third-order valence-electron chi connectivity index (χ3n) is 3.70. The van der Waals surface area contributed by atoms with E-state index in [0.29, 0.717) is 19.0 Å². The van der Waals surface area contributed by atoms with Crippen molar-refractivity contribution in [2.75, 3.05) is 13.2 Å². The molecule has 19 heavy (non-hydrogen) atoms. The average Bonchev–Trinajstić information content (AvgIpc) is 2.36. The Labute approximate surface area is 120 Å². The molecule has 1 amide bonds. The Kier molecular flexibility index (Phi) is 5.28. The van der Waals surface area contributed by atoms with Crippen molar-refractivity contribution >= 4 is 18.5 Å². The lowest BCUT2D eigenvalue weighted by atomic mass is 9.91. The van der Waals surface area contributed by atoms with Crippen LogP contribution in [-0.2, 0) is 11.2 Å². The van der Waals surface area contributed by atoms with Crippen LogP contribution in [0.5, 0.6) is 0 Å². The zero-order valence-electron chi connectivity index (χ0n) is 11.0. The normalized spacial score (nSPS) is 16.7. The van der Waals surface area contributed by atoms with E-state index in [-0.39, 0.29) is 17.8 Å². The predicted molar refractivity (Wildman–Crippen MR) is 79.4 cm³/mol. The van der Waals surface area contributed by atoms with Crippen LogP contribution in [0.25, 0.3) is 0 Å². The van der Waals surface area contributed by atoms with Gasteiger partial charge in [-0.15, -0.1) is 0 Å². The number of nitrogens with zero attached hydrogens (tertiary/aromatic N) is 1. The largest absolute Gasteiger partial charge is 0.395 e. The topological polar surface area (TPSA) is 40.5 Å². The van der Waals surface area contributed by atoms with E-state index in [9.17, 15) is 4.79 Å². The van der Waals surface area contributed by atoms with Gasteiger partial charge in [0.05, 0.1) is 11.9 Å². The molecule has 4 heteroatoms. The van der Waals surface area contributed by atoms with Crippen LogP contribution < -0.4 is 0 Å². The van der Waals surface area contributed by atoms with Gasteiger partial charge in [-0.05, 0) is 31.2 Å². The first-order chi connectivity index (χ1) is 9.22. The molecule has 1 aliphatic carbocycles. The molecule has 0 aromatic heterocycles. The first-order valence-electron chi connectivity index (χ1n) is 6.85. The highest BCUT2D eigenvalue weighted by Crippen LogP contribution is 2.26. The highest BCUT2D eigenvalue weighted by molar-refractivity contribution is 7.81. The molecule has 1 aliphatic rings. The molecule has 1 unspecified atom stereocenters. The van der Waals surface area contributed by atoms with Crippen molar-refractivity contribution in [1.82, 2.24) is 4.90 Å². The fourth-order valence-electron chi connectivity index (χ4n) is 2.39. The molecule has 0 radical (unpaired) electrons. The minimum absolute atomic E-state index is 0.0219. The van der Waals surface area contributed by atoms with Gasteiger partial charge in [-0.1, -0.05) is 30.3 Å². The molecular formula is C15H21NO2S. The Bertz CT molecular complexity index is 406. The second-order valence-corrected chi connectivity index (χ2v) is 5.67. The summed E-state index contributed by atoms with van der Waals surface area (Å²) in [4.78, 5) is 14.2. The van der Waals surface area contributed by atoms with Crippen molar-refractivity contribution in [2.45, 2.75) is 37.0 Å². The quantitative estimate of drug-likeness (QED) is 0.781. The third kappa shape index (κ3) is 3.74. The summed E-state index contributed by atoms with van der Waals surface area (Å²) in [6.07, 6.45) is 3.92. The summed E-state index contributed by atoms with van der Waals surface area (Å²) in [5.74, 6) is 0.0472. The number of hydrogen-bond donors (Lipinski definition) is 2. The SMILES string of the molecule is O=C(C(S)Cc1ccccc1)N(CCO)C1CCC1. The summed E-state index contributed by atoms with van der Waals surface area (Å²) in [5.41, 5.74) is 1.12. The predicted octanol–water partition coefficient (Wildman–Crippen LogP) is 1.90. The maximum atomic E-state index is 12.4. The van der Waals surface area contributed by atoms with Gasteiger partial charge in [0.2, 0.25) is 5.91 Å². The number of thiol groups is 1. The molecule has 1 atom stereocenters. The smallest absolute Gasteiger partial charge is 0.236 e. The molecule has 3 nitrogen and oxygen atoms in total. The Morgan fingerprint density at radius 3 is 2.58 bits per heavy atom. The first kappa shape index (κ1) is 14.4. The van der Waals surface area contributed by atoms with E-state index in [2.05, 4.69) is 12.6 Å².